The number of carbonyl (C=O) groups excluding carboxylic acids is 1. The molecule has 0 aromatic carbocycles. The second kappa shape index (κ2) is 7.87. The Balaban J connectivity index is 2.66. The Morgan fingerprint density at radius 2 is 1.90 bits per heavy atom. The lowest BCUT2D eigenvalue weighted by Gasteiger charge is -2.35. The number of rotatable bonds is 6. The topological polar surface area (TPSA) is 64.3 Å². The van der Waals surface area contributed by atoms with Crippen LogP contribution < -0.4 is 11.1 Å². The normalized spacial score (nSPS) is 20.4. The smallest absolute Gasteiger partial charge is 0.404 e. The summed E-state index contributed by atoms with van der Waals surface area (Å²) >= 11 is 0. The van der Waals surface area contributed by atoms with Crippen LogP contribution in [0.4, 0.5) is 4.79 Å². The van der Waals surface area contributed by atoms with Crippen molar-refractivity contribution in [3.63, 3.8) is 0 Å². The van der Waals surface area contributed by atoms with Crippen molar-refractivity contribution in [3.05, 3.63) is 0 Å². The highest BCUT2D eigenvalue weighted by Crippen LogP contribution is 2.29. The highest BCUT2D eigenvalue weighted by atomic mass is 16.6. The van der Waals surface area contributed by atoms with Crippen molar-refractivity contribution in [1.29, 1.82) is 0 Å². The molecule has 0 radical (unpaired) electrons. The third-order valence-electron chi connectivity index (χ3n) is 4.06. The molecule has 1 saturated carbocycles. The van der Waals surface area contributed by atoms with Gasteiger partial charge in [0.05, 0.1) is 0 Å². The van der Waals surface area contributed by atoms with E-state index in [2.05, 4.69) is 33.0 Å². The van der Waals surface area contributed by atoms with Crippen LogP contribution in [0.3, 0.4) is 0 Å². The Labute approximate surface area is 123 Å². The zero-order valence-corrected chi connectivity index (χ0v) is 13.6. The van der Waals surface area contributed by atoms with E-state index in [1.54, 1.807) is 0 Å². The van der Waals surface area contributed by atoms with Crippen LogP contribution in [0.5, 0.6) is 0 Å². The molecule has 0 saturated heterocycles. The molecule has 118 valence electrons. The summed E-state index contributed by atoms with van der Waals surface area (Å²) in [6, 6.07) is 0.171. The first-order valence-corrected chi connectivity index (χ1v) is 8.05. The molecule has 4 nitrogen and oxygen atoms in total. The van der Waals surface area contributed by atoms with Gasteiger partial charge >= 0.3 is 6.09 Å². The highest BCUT2D eigenvalue weighted by molar-refractivity contribution is 5.64. The van der Waals surface area contributed by atoms with Crippen LogP contribution in [0.1, 0.15) is 72.6 Å². The minimum Gasteiger partial charge on any atom is -0.445 e. The van der Waals surface area contributed by atoms with Crippen LogP contribution in [0.2, 0.25) is 0 Å². The van der Waals surface area contributed by atoms with Gasteiger partial charge in [0.25, 0.3) is 0 Å². The Bertz CT molecular complexity index is 293. The molecule has 0 aromatic heterocycles. The van der Waals surface area contributed by atoms with Crippen LogP contribution in [0.25, 0.3) is 0 Å². The van der Waals surface area contributed by atoms with Crippen molar-refractivity contribution in [3.8, 4) is 0 Å². The van der Waals surface area contributed by atoms with E-state index >= 15 is 0 Å². The number of hydrogen-bond acceptors (Lipinski definition) is 3. The molecule has 1 aliphatic carbocycles. The van der Waals surface area contributed by atoms with E-state index in [1.807, 2.05) is 0 Å². The van der Waals surface area contributed by atoms with Gasteiger partial charge in [0.15, 0.2) is 0 Å². The monoisotopic (exact) mass is 284 g/mol. The number of hydrogen-bond donors (Lipinski definition) is 2. The van der Waals surface area contributed by atoms with Crippen LogP contribution in [0.15, 0.2) is 0 Å². The Morgan fingerprint density at radius 1 is 1.30 bits per heavy atom. The number of primary amides is 1. The SMILES string of the molecule is CCC(NC(C)(C)C)C(CC1CCCCC1)OC(N)=O. The lowest BCUT2D eigenvalue weighted by Crippen LogP contribution is -2.51. The average molecular weight is 284 g/mol. The second-order valence-electron chi connectivity index (χ2n) is 7.12. The number of nitrogens with two attached hydrogens (primary N) is 1. The van der Waals surface area contributed by atoms with Gasteiger partial charge in [-0.1, -0.05) is 39.0 Å². The predicted molar refractivity (Wildman–Crippen MR) is 82.6 cm³/mol. The molecule has 1 amide bonds. The first-order valence-electron chi connectivity index (χ1n) is 8.05. The maximum absolute atomic E-state index is 11.2. The molecule has 0 aliphatic heterocycles. The van der Waals surface area contributed by atoms with Crippen LogP contribution in [-0.4, -0.2) is 23.8 Å². The molecule has 2 atom stereocenters. The second-order valence-corrected chi connectivity index (χ2v) is 7.12. The zero-order chi connectivity index (χ0) is 15.2. The quantitative estimate of drug-likeness (QED) is 0.783. The standard InChI is InChI=1S/C16H32N2O2/c1-5-13(18-16(2,3)4)14(20-15(17)19)11-12-9-7-6-8-10-12/h12-14,18H,5-11H2,1-4H3,(H2,17,19). The molecular formula is C16H32N2O2. The maximum atomic E-state index is 11.2. The fourth-order valence-corrected chi connectivity index (χ4v) is 3.21. The van der Waals surface area contributed by atoms with Crippen molar-refractivity contribution in [1.82, 2.24) is 5.32 Å². The predicted octanol–water partition coefficient (Wildman–Crippen LogP) is 3.59. The number of ether oxygens (including phenoxy) is 1. The molecule has 2 unspecified atom stereocenters. The summed E-state index contributed by atoms with van der Waals surface area (Å²) in [5.74, 6) is 0.670. The summed E-state index contributed by atoms with van der Waals surface area (Å²) in [6.07, 6.45) is 7.56. The molecule has 1 fully saturated rings. The van der Waals surface area contributed by atoms with E-state index in [9.17, 15) is 4.79 Å². The fourth-order valence-electron chi connectivity index (χ4n) is 3.21. The summed E-state index contributed by atoms with van der Waals surface area (Å²) in [7, 11) is 0. The van der Waals surface area contributed by atoms with Gasteiger partial charge in [-0.25, -0.2) is 4.79 Å². The van der Waals surface area contributed by atoms with Gasteiger partial charge in [-0.15, -0.1) is 0 Å². The molecule has 3 N–H and O–H groups in total. The molecule has 0 aromatic rings. The fraction of sp³-hybridized carbons (Fsp3) is 0.938. The van der Waals surface area contributed by atoms with E-state index in [1.165, 1.54) is 32.1 Å². The average Bonchev–Trinajstić information content (AvgIpc) is 2.35. The molecular weight excluding hydrogens is 252 g/mol. The van der Waals surface area contributed by atoms with E-state index in [0.717, 1.165) is 12.8 Å². The maximum Gasteiger partial charge on any atom is 0.404 e. The van der Waals surface area contributed by atoms with Gasteiger partial charge in [0, 0.05) is 11.6 Å². The Hall–Kier alpha value is -0.770. The third-order valence-corrected chi connectivity index (χ3v) is 4.06. The largest absolute Gasteiger partial charge is 0.445 e. The first-order chi connectivity index (χ1) is 9.31. The van der Waals surface area contributed by atoms with E-state index in [0.29, 0.717) is 5.92 Å². The number of carbonyl (C=O) groups is 1. The summed E-state index contributed by atoms with van der Waals surface area (Å²) in [6.45, 7) is 8.54. The zero-order valence-electron chi connectivity index (χ0n) is 13.6. The lowest BCUT2D eigenvalue weighted by molar-refractivity contribution is 0.0512. The third kappa shape index (κ3) is 6.60. The van der Waals surface area contributed by atoms with Gasteiger partial charge in [-0.05, 0) is 39.5 Å². The van der Waals surface area contributed by atoms with Crippen molar-refractivity contribution < 1.29 is 9.53 Å². The molecule has 0 spiro atoms. The van der Waals surface area contributed by atoms with Crippen molar-refractivity contribution in [2.24, 2.45) is 11.7 Å². The van der Waals surface area contributed by atoms with Crippen molar-refractivity contribution in [2.75, 3.05) is 0 Å². The van der Waals surface area contributed by atoms with Gasteiger partial charge in [-0.3, -0.25) is 0 Å². The van der Waals surface area contributed by atoms with E-state index < -0.39 is 6.09 Å². The van der Waals surface area contributed by atoms with Crippen LogP contribution >= 0.6 is 0 Å². The summed E-state index contributed by atoms with van der Waals surface area (Å²) in [4.78, 5) is 11.2. The summed E-state index contributed by atoms with van der Waals surface area (Å²) in [5, 5.41) is 3.57. The molecule has 0 heterocycles. The number of nitrogens with one attached hydrogen (secondary N) is 1. The van der Waals surface area contributed by atoms with Gasteiger partial charge in [0.2, 0.25) is 0 Å². The summed E-state index contributed by atoms with van der Waals surface area (Å²) in [5.41, 5.74) is 5.27. The molecule has 4 heteroatoms. The van der Waals surface area contributed by atoms with Crippen LogP contribution in [0, 0.1) is 5.92 Å². The van der Waals surface area contributed by atoms with E-state index in [-0.39, 0.29) is 17.7 Å². The highest BCUT2D eigenvalue weighted by Gasteiger charge is 2.29. The molecule has 20 heavy (non-hydrogen) atoms. The minimum atomic E-state index is -0.653. The van der Waals surface area contributed by atoms with Crippen molar-refractivity contribution >= 4 is 6.09 Å². The molecule has 1 aliphatic rings. The first kappa shape index (κ1) is 17.3. The van der Waals surface area contributed by atoms with Gasteiger partial charge in [0.1, 0.15) is 6.10 Å². The number of amides is 1. The van der Waals surface area contributed by atoms with Crippen LogP contribution in [-0.2, 0) is 4.74 Å². The van der Waals surface area contributed by atoms with Crippen molar-refractivity contribution in [2.45, 2.75) is 90.3 Å². The summed E-state index contributed by atoms with van der Waals surface area (Å²) < 4.78 is 5.43. The van der Waals surface area contributed by atoms with E-state index in [4.69, 9.17) is 10.5 Å². The van der Waals surface area contributed by atoms with Gasteiger partial charge in [-0.2, -0.15) is 0 Å². The Morgan fingerprint density at radius 3 is 2.35 bits per heavy atom. The lowest BCUT2D eigenvalue weighted by atomic mass is 9.83. The minimum absolute atomic E-state index is 0.00645. The van der Waals surface area contributed by atoms with Gasteiger partial charge < -0.3 is 15.8 Å². The molecule has 0 bridgehead atoms. The Kier molecular flexibility index (Phi) is 6.80. The molecule has 1 rings (SSSR count).